The van der Waals surface area contributed by atoms with E-state index < -0.39 is 0 Å². The summed E-state index contributed by atoms with van der Waals surface area (Å²) in [6.45, 7) is 1.88. The molecule has 0 aliphatic carbocycles. The molecule has 0 saturated carbocycles. The molecule has 0 atom stereocenters. The zero-order valence-electron chi connectivity index (χ0n) is 9.77. The van der Waals surface area contributed by atoms with Gasteiger partial charge < -0.3 is 4.98 Å². The molecule has 2 aromatic rings. The first-order valence-electron chi connectivity index (χ1n) is 5.40. The Bertz CT molecular complexity index is 576. The Morgan fingerprint density at radius 1 is 1.44 bits per heavy atom. The Morgan fingerprint density at radius 3 is 2.94 bits per heavy atom. The van der Waals surface area contributed by atoms with Crippen LogP contribution < -0.4 is 5.43 Å². The highest BCUT2D eigenvalue weighted by atomic mass is 35.5. The van der Waals surface area contributed by atoms with Crippen LogP contribution >= 0.6 is 11.6 Å². The summed E-state index contributed by atoms with van der Waals surface area (Å²) in [6, 6.07) is 8.82. The number of hydrazone groups is 1. The van der Waals surface area contributed by atoms with Crippen molar-refractivity contribution in [2.75, 3.05) is 0 Å². The van der Waals surface area contributed by atoms with Gasteiger partial charge in [0.15, 0.2) is 0 Å². The Labute approximate surface area is 110 Å². The normalized spacial score (nSPS) is 10.8. The van der Waals surface area contributed by atoms with Gasteiger partial charge in [-0.05, 0) is 36.8 Å². The van der Waals surface area contributed by atoms with E-state index in [0.29, 0.717) is 10.6 Å². The van der Waals surface area contributed by atoms with Crippen molar-refractivity contribution in [2.45, 2.75) is 6.92 Å². The Balaban J connectivity index is 2.01. The minimum atomic E-state index is -0.292. The van der Waals surface area contributed by atoms with E-state index in [4.69, 9.17) is 11.6 Å². The maximum absolute atomic E-state index is 11.7. The average molecular weight is 262 g/mol. The number of aromatic amines is 1. The van der Waals surface area contributed by atoms with Crippen molar-refractivity contribution >= 4 is 23.7 Å². The van der Waals surface area contributed by atoms with Crippen LogP contribution in [0.25, 0.3) is 0 Å². The summed E-state index contributed by atoms with van der Waals surface area (Å²) < 4.78 is 0. The predicted octanol–water partition coefficient (Wildman–Crippen LogP) is 2.74. The fourth-order valence-corrected chi connectivity index (χ4v) is 1.56. The van der Waals surface area contributed by atoms with Gasteiger partial charge in [-0.3, -0.25) is 4.79 Å². The van der Waals surface area contributed by atoms with Crippen LogP contribution in [0, 0.1) is 6.92 Å². The van der Waals surface area contributed by atoms with Crippen molar-refractivity contribution in [2.24, 2.45) is 5.10 Å². The van der Waals surface area contributed by atoms with E-state index >= 15 is 0 Å². The number of aryl methyl sites for hydroxylation is 1. The molecule has 1 heterocycles. The number of amides is 1. The summed E-state index contributed by atoms with van der Waals surface area (Å²) in [7, 11) is 0. The van der Waals surface area contributed by atoms with Gasteiger partial charge in [-0.25, -0.2) is 5.43 Å². The van der Waals surface area contributed by atoms with Gasteiger partial charge in [-0.15, -0.1) is 0 Å². The molecule has 1 aromatic heterocycles. The van der Waals surface area contributed by atoms with Crippen LogP contribution in [0.1, 0.15) is 21.6 Å². The standard InChI is InChI=1S/C13H12ClN3O/c1-9-4-5-10(7-12(9)14)13(18)17-16-8-11-3-2-6-15-11/h2-8,15H,1H3,(H,17,18)/b16-8+. The van der Waals surface area contributed by atoms with E-state index in [2.05, 4.69) is 15.5 Å². The van der Waals surface area contributed by atoms with Crippen LogP contribution in [0.5, 0.6) is 0 Å². The summed E-state index contributed by atoms with van der Waals surface area (Å²) in [5.41, 5.74) is 4.67. The number of halogens is 1. The number of rotatable bonds is 3. The minimum absolute atomic E-state index is 0.292. The smallest absolute Gasteiger partial charge is 0.271 e. The number of carbonyl (C=O) groups is 1. The third kappa shape index (κ3) is 2.99. The van der Waals surface area contributed by atoms with E-state index in [9.17, 15) is 4.79 Å². The molecule has 4 nitrogen and oxygen atoms in total. The summed E-state index contributed by atoms with van der Waals surface area (Å²) in [5, 5.41) is 4.41. The molecule has 2 N–H and O–H groups in total. The van der Waals surface area contributed by atoms with Gasteiger partial charge >= 0.3 is 0 Å². The largest absolute Gasteiger partial charge is 0.360 e. The van der Waals surface area contributed by atoms with Crippen molar-refractivity contribution in [1.82, 2.24) is 10.4 Å². The summed E-state index contributed by atoms with van der Waals surface area (Å²) in [6.07, 6.45) is 3.32. The molecule has 0 bridgehead atoms. The zero-order valence-corrected chi connectivity index (χ0v) is 10.5. The van der Waals surface area contributed by atoms with E-state index in [1.165, 1.54) is 6.21 Å². The predicted molar refractivity (Wildman–Crippen MR) is 72.0 cm³/mol. The molecule has 0 spiro atoms. The third-order valence-electron chi connectivity index (χ3n) is 2.43. The average Bonchev–Trinajstić information content (AvgIpc) is 2.85. The topological polar surface area (TPSA) is 57.2 Å². The number of aromatic nitrogens is 1. The van der Waals surface area contributed by atoms with Crippen LogP contribution in [-0.2, 0) is 0 Å². The van der Waals surface area contributed by atoms with Gasteiger partial charge in [0.2, 0.25) is 0 Å². The molecule has 0 saturated heterocycles. The molecule has 1 aromatic carbocycles. The lowest BCUT2D eigenvalue weighted by atomic mass is 10.1. The molecule has 2 rings (SSSR count). The molecule has 0 aliphatic rings. The molecule has 0 radical (unpaired) electrons. The third-order valence-corrected chi connectivity index (χ3v) is 2.83. The molecular weight excluding hydrogens is 250 g/mol. The maximum Gasteiger partial charge on any atom is 0.271 e. The fraction of sp³-hybridized carbons (Fsp3) is 0.0769. The van der Waals surface area contributed by atoms with Gasteiger partial charge in [0.05, 0.1) is 11.9 Å². The molecule has 1 amide bonds. The maximum atomic E-state index is 11.7. The summed E-state index contributed by atoms with van der Waals surface area (Å²) in [4.78, 5) is 14.7. The van der Waals surface area contributed by atoms with Crippen LogP contribution in [0.2, 0.25) is 5.02 Å². The second kappa shape index (κ2) is 5.51. The minimum Gasteiger partial charge on any atom is -0.360 e. The van der Waals surface area contributed by atoms with Crippen molar-refractivity contribution in [3.63, 3.8) is 0 Å². The first-order valence-corrected chi connectivity index (χ1v) is 5.77. The monoisotopic (exact) mass is 261 g/mol. The first kappa shape index (κ1) is 12.4. The Morgan fingerprint density at radius 2 is 2.28 bits per heavy atom. The van der Waals surface area contributed by atoms with Crippen molar-refractivity contribution < 1.29 is 4.79 Å². The zero-order chi connectivity index (χ0) is 13.0. The van der Waals surface area contributed by atoms with Crippen LogP contribution in [0.15, 0.2) is 41.6 Å². The number of hydrogen-bond donors (Lipinski definition) is 2. The van der Waals surface area contributed by atoms with Crippen molar-refractivity contribution in [3.05, 3.63) is 58.4 Å². The van der Waals surface area contributed by atoms with Crippen molar-refractivity contribution in [3.8, 4) is 0 Å². The van der Waals surface area contributed by atoms with E-state index in [1.807, 2.05) is 19.1 Å². The molecule has 18 heavy (non-hydrogen) atoms. The van der Waals surface area contributed by atoms with E-state index in [0.717, 1.165) is 11.3 Å². The molecule has 0 unspecified atom stereocenters. The number of benzene rings is 1. The molecule has 0 aliphatic heterocycles. The molecule has 92 valence electrons. The fourth-order valence-electron chi connectivity index (χ4n) is 1.38. The van der Waals surface area contributed by atoms with Crippen molar-refractivity contribution in [1.29, 1.82) is 0 Å². The number of nitrogens with zero attached hydrogens (tertiary/aromatic N) is 1. The number of carbonyl (C=O) groups excluding carboxylic acids is 1. The Kier molecular flexibility index (Phi) is 3.79. The van der Waals surface area contributed by atoms with E-state index in [-0.39, 0.29) is 5.91 Å². The number of H-pyrrole nitrogens is 1. The quantitative estimate of drug-likeness (QED) is 0.648. The van der Waals surface area contributed by atoms with Gasteiger partial charge in [-0.1, -0.05) is 17.7 Å². The second-order valence-corrected chi connectivity index (χ2v) is 4.20. The highest BCUT2D eigenvalue weighted by Gasteiger charge is 2.05. The Hall–Kier alpha value is -2.07. The van der Waals surface area contributed by atoms with Crippen LogP contribution in [0.4, 0.5) is 0 Å². The van der Waals surface area contributed by atoms with Crippen LogP contribution in [0.3, 0.4) is 0 Å². The van der Waals surface area contributed by atoms with Gasteiger partial charge in [-0.2, -0.15) is 5.10 Å². The van der Waals surface area contributed by atoms with Gasteiger partial charge in [0, 0.05) is 16.8 Å². The van der Waals surface area contributed by atoms with Crippen LogP contribution in [-0.4, -0.2) is 17.1 Å². The number of nitrogens with one attached hydrogen (secondary N) is 2. The lowest BCUT2D eigenvalue weighted by Crippen LogP contribution is -2.17. The summed E-state index contributed by atoms with van der Waals surface area (Å²) >= 11 is 5.95. The molecule has 5 heteroatoms. The lowest BCUT2D eigenvalue weighted by Gasteiger charge is -2.02. The molecule has 0 fully saturated rings. The highest BCUT2D eigenvalue weighted by Crippen LogP contribution is 2.16. The second-order valence-electron chi connectivity index (χ2n) is 3.79. The first-order chi connectivity index (χ1) is 8.66. The van der Waals surface area contributed by atoms with Gasteiger partial charge in [0.1, 0.15) is 0 Å². The lowest BCUT2D eigenvalue weighted by molar-refractivity contribution is 0.0955. The highest BCUT2D eigenvalue weighted by molar-refractivity contribution is 6.31. The summed E-state index contributed by atoms with van der Waals surface area (Å²) in [5.74, 6) is -0.292. The van der Waals surface area contributed by atoms with E-state index in [1.54, 1.807) is 24.4 Å². The SMILES string of the molecule is Cc1ccc(C(=O)N/N=C/c2ccc[nH]2)cc1Cl. The van der Waals surface area contributed by atoms with Gasteiger partial charge in [0.25, 0.3) is 5.91 Å². The molecular formula is C13H12ClN3O. The number of hydrogen-bond acceptors (Lipinski definition) is 2.